The maximum absolute atomic E-state index is 13.8. The van der Waals surface area contributed by atoms with Crippen LogP contribution in [0.15, 0.2) is 77.7 Å². The molecule has 0 bridgehead atoms. The average Bonchev–Trinajstić information content (AvgIpc) is 2.73. The SMILES string of the molecule is CC1(C)C[C@](C)(c2ccc(Cl)cc2)c2ccccc2N1S(=O)(=O)c1ccc([N+](=O)[O-])cc1. The highest BCUT2D eigenvalue weighted by atomic mass is 35.5. The smallest absolute Gasteiger partial charge is 0.260 e. The van der Waals surface area contributed by atoms with Crippen LogP contribution >= 0.6 is 11.6 Å². The molecule has 0 N–H and O–H groups in total. The van der Waals surface area contributed by atoms with Gasteiger partial charge in [0.05, 0.1) is 21.0 Å². The summed E-state index contributed by atoms with van der Waals surface area (Å²) in [6.07, 6.45) is 0.533. The third kappa shape index (κ3) is 3.55. The molecule has 3 aromatic carbocycles. The van der Waals surface area contributed by atoms with E-state index in [2.05, 4.69) is 6.92 Å². The van der Waals surface area contributed by atoms with Gasteiger partial charge >= 0.3 is 0 Å². The Morgan fingerprint density at radius 1 is 0.938 bits per heavy atom. The first-order valence-electron chi connectivity index (χ1n) is 10.1. The van der Waals surface area contributed by atoms with Gasteiger partial charge in [0.1, 0.15) is 0 Å². The molecule has 0 unspecified atom stereocenters. The number of nitro benzene ring substituents is 1. The van der Waals surface area contributed by atoms with Crippen LogP contribution in [0.1, 0.15) is 38.3 Å². The molecule has 1 aliphatic heterocycles. The molecule has 0 spiro atoms. The minimum Gasteiger partial charge on any atom is -0.260 e. The van der Waals surface area contributed by atoms with Crippen molar-refractivity contribution in [1.29, 1.82) is 0 Å². The molecular weight excluding hydrogens is 448 g/mol. The zero-order valence-electron chi connectivity index (χ0n) is 17.9. The molecule has 1 heterocycles. The van der Waals surface area contributed by atoms with E-state index in [4.69, 9.17) is 11.6 Å². The Morgan fingerprint density at radius 2 is 1.53 bits per heavy atom. The molecule has 0 fully saturated rings. The van der Waals surface area contributed by atoms with Gasteiger partial charge in [-0.05, 0) is 61.7 Å². The number of halogens is 1. The van der Waals surface area contributed by atoms with Gasteiger partial charge in [0.15, 0.2) is 0 Å². The van der Waals surface area contributed by atoms with E-state index in [0.29, 0.717) is 17.1 Å². The lowest BCUT2D eigenvalue weighted by molar-refractivity contribution is -0.384. The average molecular weight is 471 g/mol. The van der Waals surface area contributed by atoms with E-state index in [-0.39, 0.29) is 10.6 Å². The Bertz CT molecular complexity index is 1290. The zero-order chi connectivity index (χ0) is 23.3. The number of rotatable bonds is 4. The van der Waals surface area contributed by atoms with E-state index in [0.717, 1.165) is 11.1 Å². The van der Waals surface area contributed by atoms with Crippen LogP contribution in [0.5, 0.6) is 0 Å². The third-order valence-electron chi connectivity index (χ3n) is 6.12. The molecule has 6 nitrogen and oxygen atoms in total. The van der Waals surface area contributed by atoms with Crippen molar-refractivity contribution in [2.45, 2.75) is 43.0 Å². The van der Waals surface area contributed by atoms with Gasteiger partial charge in [-0.25, -0.2) is 8.42 Å². The number of nitro groups is 1. The van der Waals surface area contributed by atoms with Crippen molar-refractivity contribution < 1.29 is 13.3 Å². The summed E-state index contributed by atoms with van der Waals surface area (Å²) >= 11 is 6.10. The van der Waals surface area contributed by atoms with Crippen molar-refractivity contribution >= 4 is 33.0 Å². The van der Waals surface area contributed by atoms with Gasteiger partial charge in [-0.2, -0.15) is 0 Å². The number of hydrogen-bond donors (Lipinski definition) is 0. The fourth-order valence-electron chi connectivity index (χ4n) is 4.85. The molecule has 3 aromatic rings. The molecule has 32 heavy (non-hydrogen) atoms. The summed E-state index contributed by atoms with van der Waals surface area (Å²) in [6.45, 7) is 5.92. The summed E-state index contributed by atoms with van der Waals surface area (Å²) < 4.78 is 29.0. The Labute approximate surface area is 192 Å². The molecule has 1 aliphatic rings. The van der Waals surface area contributed by atoms with Crippen LogP contribution in [0.25, 0.3) is 0 Å². The summed E-state index contributed by atoms with van der Waals surface area (Å²) in [5.74, 6) is 0. The van der Waals surface area contributed by atoms with E-state index in [9.17, 15) is 18.5 Å². The van der Waals surface area contributed by atoms with Gasteiger partial charge in [0.2, 0.25) is 0 Å². The van der Waals surface area contributed by atoms with E-state index >= 15 is 0 Å². The Balaban J connectivity index is 1.89. The molecule has 0 amide bonds. The molecule has 0 radical (unpaired) electrons. The number of nitrogens with zero attached hydrogens (tertiary/aromatic N) is 2. The number of anilines is 1. The quantitative estimate of drug-likeness (QED) is 0.349. The number of hydrogen-bond acceptors (Lipinski definition) is 4. The van der Waals surface area contributed by atoms with Crippen molar-refractivity contribution in [3.63, 3.8) is 0 Å². The van der Waals surface area contributed by atoms with Gasteiger partial charge < -0.3 is 0 Å². The van der Waals surface area contributed by atoms with E-state index < -0.39 is 25.9 Å². The largest absolute Gasteiger partial charge is 0.269 e. The van der Waals surface area contributed by atoms with Crippen molar-refractivity contribution in [2.75, 3.05) is 4.31 Å². The van der Waals surface area contributed by atoms with Gasteiger partial charge in [-0.1, -0.05) is 48.9 Å². The maximum Gasteiger partial charge on any atom is 0.269 e. The molecule has 0 saturated heterocycles. The predicted molar refractivity (Wildman–Crippen MR) is 126 cm³/mol. The fraction of sp³-hybridized carbons (Fsp3) is 0.250. The monoisotopic (exact) mass is 470 g/mol. The molecule has 8 heteroatoms. The summed E-state index contributed by atoms with van der Waals surface area (Å²) in [6, 6.07) is 20.2. The fourth-order valence-corrected chi connectivity index (χ4v) is 6.80. The van der Waals surface area contributed by atoms with Crippen molar-refractivity contribution in [3.8, 4) is 0 Å². The van der Waals surface area contributed by atoms with E-state index in [1.54, 1.807) is 0 Å². The zero-order valence-corrected chi connectivity index (χ0v) is 19.5. The van der Waals surface area contributed by atoms with Crippen LogP contribution in [0.3, 0.4) is 0 Å². The second kappa shape index (κ2) is 7.60. The first-order chi connectivity index (χ1) is 15.0. The molecule has 0 aromatic heterocycles. The number of non-ortho nitro benzene ring substituents is 1. The second-order valence-corrected chi connectivity index (χ2v) is 11.1. The Morgan fingerprint density at radius 3 is 2.12 bits per heavy atom. The molecule has 4 rings (SSSR count). The standard InChI is InChI=1S/C24H23ClN2O4S/c1-23(2)16-24(3,17-8-10-18(25)11-9-17)21-6-4-5-7-22(21)26(23)32(30,31)20-14-12-19(13-15-20)27(28)29/h4-15H,16H2,1-3H3/t24-/m1/s1. The molecule has 166 valence electrons. The van der Waals surface area contributed by atoms with Crippen LogP contribution < -0.4 is 4.31 Å². The lowest BCUT2D eigenvalue weighted by Crippen LogP contribution is -2.55. The summed E-state index contributed by atoms with van der Waals surface area (Å²) in [4.78, 5) is 10.5. The van der Waals surface area contributed by atoms with Crippen LogP contribution in [-0.4, -0.2) is 18.9 Å². The highest BCUT2D eigenvalue weighted by Crippen LogP contribution is 2.52. The summed E-state index contributed by atoms with van der Waals surface area (Å²) in [5, 5.41) is 11.6. The van der Waals surface area contributed by atoms with Crippen LogP contribution in [0.2, 0.25) is 5.02 Å². The molecule has 1 atom stereocenters. The highest BCUT2D eigenvalue weighted by molar-refractivity contribution is 7.93. The van der Waals surface area contributed by atoms with E-state index in [1.807, 2.05) is 62.4 Å². The summed E-state index contributed by atoms with van der Waals surface area (Å²) in [5.41, 5.74) is 1.18. The van der Waals surface area contributed by atoms with Crippen molar-refractivity contribution in [1.82, 2.24) is 0 Å². The van der Waals surface area contributed by atoms with Crippen molar-refractivity contribution in [2.24, 2.45) is 0 Å². The van der Waals surface area contributed by atoms with Gasteiger partial charge in [-0.15, -0.1) is 0 Å². The molecular formula is C24H23ClN2O4S. The van der Waals surface area contributed by atoms with Crippen LogP contribution in [0.4, 0.5) is 11.4 Å². The minimum absolute atomic E-state index is 0.0149. The third-order valence-corrected chi connectivity index (χ3v) is 8.41. The van der Waals surface area contributed by atoms with Crippen LogP contribution in [-0.2, 0) is 15.4 Å². The lowest BCUT2D eigenvalue weighted by atomic mass is 9.66. The van der Waals surface area contributed by atoms with Gasteiger partial charge in [0.25, 0.3) is 15.7 Å². The Hall–Kier alpha value is -2.90. The molecule has 0 aliphatic carbocycles. The lowest BCUT2D eigenvalue weighted by Gasteiger charge is -2.51. The first-order valence-corrected chi connectivity index (χ1v) is 11.9. The number of fused-ring (bicyclic) bond motifs is 1. The van der Waals surface area contributed by atoms with Crippen LogP contribution in [0, 0.1) is 10.1 Å². The Kier molecular flexibility index (Phi) is 5.30. The number of benzene rings is 3. The maximum atomic E-state index is 13.8. The highest BCUT2D eigenvalue weighted by Gasteiger charge is 2.49. The van der Waals surface area contributed by atoms with Gasteiger partial charge in [-0.3, -0.25) is 14.4 Å². The second-order valence-electron chi connectivity index (χ2n) is 8.87. The summed E-state index contributed by atoms with van der Waals surface area (Å²) in [7, 11) is -3.98. The van der Waals surface area contributed by atoms with Gasteiger partial charge in [0, 0.05) is 22.6 Å². The normalized spacial score (nSPS) is 19.9. The van der Waals surface area contributed by atoms with E-state index in [1.165, 1.54) is 28.6 Å². The number of sulfonamides is 1. The first kappa shape index (κ1) is 22.3. The molecule has 0 saturated carbocycles. The number of para-hydroxylation sites is 1. The minimum atomic E-state index is -3.98. The predicted octanol–water partition coefficient (Wildman–Crippen LogP) is 5.93. The van der Waals surface area contributed by atoms with Crippen molar-refractivity contribution in [3.05, 3.63) is 99.1 Å². The topological polar surface area (TPSA) is 80.5 Å².